The number of para-hydroxylation sites is 1. The summed E-state index contributed by atoms with van der Waals surface area (Å²) >= 11 is 0. The number of furan rings is 1. The Labute approximate surface area is 263 Å². The minimum atomic E-state index is 0.586. The lowest BCUT2D eigenvalue weighted by Gasteiger charge is -2.12. The van der Waals surface area contributed by atoms with E-state index in [2.05, 4.69) is 93.4 Å². The normalized spacial score (nSPS) is 11.5. The second-order valence-corrected chi connectivity index (χ2v) is 11.1. The van der Waals surface area contributed by atoms with Crippen LogP contribution >= 0.6 is 0 Å². The van der Waals surface area contributed by atoms with E-state index < -0.39 is 0 Å². The van der Waals surface area contributed by atoms with E-state index in [0.29, 0.717) is 17.5 Å². The van der Waals surface area contributed by atoms with Gasteiger partial charge in [-0.05, 0) is 71.8 Å². The molecular formula is C39H24N6O. The van der Waals surface area contributed by atoms with Gasteiger partial charge in [-0.3, -0.25) is 9.97 Å². The van der Waals surface area contributed by atoms with Crippen molar-refractivity contribution in [1.82, 2.24) is 29.5 Å². The van der Waals surface area contributed by atoms with Crippen molar-refractivity contribution in [1.29, 1.82) is 0 Å². The maximum absolute atomic E-state index is 5.98. The second-order valence-electron chi connectivity index (χ2n) is 11.1. The average molecular weight is 593 g/mol. The maximum Gasteiger partial charge on any atom is 0.164 e. The lowest BCUT2D eigenvalue weighted by Crippen LogP contribution is -2.01. The average Bonchev–Trinajstić information content (AvgIpc) is 3.75. The molecule has 5 aromatic heterocycles. The van der Waals surface area contributed by atoms with E-state index >= 15 is 0 Å². The van der Waals surface area contributed by atoms with Crippen LogP contribution in [0.2, 0.25) is 0 Å². The van der Waals surface area contributed by atoms with Crippen molar-refractivity contribution in [3.05, 3.63) is 146 Å². The van der Waals surface area contributed by atoms with E-state index in [9.17, 15) is 0 Å². The number of pyridine rings is 2. The third kappa shape index (κ3) is 4.33. The summed E-state index contributed by atoms with van der Waals surface area (Å²) in [6, 6.07) is 39.2. The van der Waals surface area contributed by atoms with Gasteiger partial charge >= 0.3 is 0 Å². The molecule has 7 heteroatoms. The van der Waals surface area contributed by atoms with Gasteiger partial charge in [0.25, 0.3) is 0 Å². The molecule has 0 unspecified atom stereocenters. The number of hydrogen-bond acceptors (Lipinski definition) is 6. The molecule has 0 N–H and O–H groups in total. The van der Waals surface area contributed by atoms with Gasteiger partial charge in [0.1, 0.15) is 5.58 Å². The molecule has 9 aromatic rings. The van der Waals surface area contributed by atoms with Crippen molar-refractivity contribution in [2.75, 3.05) is 0 Å². The molecule has 0 amide bonds. The molecule has 0 radical (unpaired) electrons. The Balaban J connectivity index is 1.21. The predicted octanol–water partition coefficient (Wildman–Crippen LogP) is 9.17. The third-order valence-electron chi connectivity index (χ3n) is 8.35. The Morgan fingerprint density at radius 3 is 1.87 bits per heavy atom. The fourth-order valence-electron chi connectivity index (χ4n) is 6.16. The topological polar surface area (TPSA) is 82.5 Å². The van der Waals surface area contributed by atoms with Crippen LogP contribution < -0.4 is 0 Å². The van der Waals surface area contributed by atoms with Gasteiger partial charge in [-0.15, -0.1) is 0 Å². The number of aromatic nitrogens is 6. The fourth-order valence-corrected chi connectivity index (χ4v) is 6.16. The zero-order chi connectivity index (χ0) is 30.5. The quantitative estimate of drug-likeness (QED) is 0.198. The van der Waals surface area contributed by atoms with Gasteiger partial charge in [-0.2, -0.15) is 0 Å². The van der Waals surface area contributed by atoms with Crippen molar-refractivity contribution in [2.24, 2.45) is 0 Å². The molecule has 46 heavy (non-hydrogen) atoms. The maximum atomic E-state index is 5.98. The molecule has 0 saturated heterocycles. The van der Waals surface area contributed by atoms with E-state index in [4.69, 9.17) is 19.4 Å². The summed E-state index contributed by atoms with van der Waals surface area (Å²) in [5.74, 6) is 1.77. The molecule has 0 aliphatic carbocycles. The highest BCUT2D eigenvalue weighted by atomic mass is 16.3. The monoisotopic (exact) mass is 592 g/mol. The van der Waals surface area contributed by atoms with E-state index in [1.54, 1.807) is 31.1 Å². The van der Waals surface area contributed by atoms with E-state index in [1.807, 2.05) is 36.4 Å². The lowest BCUT2D eigenvalue weighted by molar-refractivity contribution is 0.619. The molecule has 9 rings (SSSR count). The first kappa shape index (κ1) is 26.0. The van der Waals surface area contributed by atoms with Gasteiger partial charge in [-0.1, -0.05) is 54.6 Å². The van der Waals surface area contributed by atoms with Crippen molar-refractivity contribution in [2.45, 2.75) is 0 Å². The van der Waals surface area contributed by atoms with Gasteiger partial charge in [0, 0.05) is 57.9 Å². The highest BCUT2D eigenvalue weighted by molar-refractivity contribution is 6.19. The van der Waals surface area contributed by atoms with Gasteiger partial charge in [0.2, 0.25) is 0 Å². The van der Waals surface area contributed by atoms with Crippen LogP contribution in [-0.4, -0.2) is 29.5 Å². The summed E-state index contributed by atoms with van der Waals surface area (Å²) in [4.78, 5) is 23.2. The number of nitrogens with zero attached hydrogens (tertiary/aromatic N) is 6. The zero-order valence-electron chi connectivity index (χ0n) is 24.4. The second kappa shape index (κ2) is 10.6. The summed E-state index contributed by atoms with van der Waals surface area (Å²) in [5, 5.41) is 3.32. The first-order valence-corrected chi connectivity index (χ1v) is 15.0. The van der Waals surface area contributed by atoms with Crippen molar-refractivity contribution in [3.8, 4) is 51.0 Å². The molecule has 0 spiro atoms. The Bertz CT molecular complexity index is 2520. The molecule has 7 nitrogen and oxygen atoms in total. The summed E-state index contributed by atoms with van der Waals surface area (Å²) in [7, 11) is 0. The summed E-state index contributed by atoms with van der Waals surface area (Å²) in [6.45, 7) is 0. The fraction of sp³-hybridized carbons (Fsp3) is 0. The first-order chi connectivity index (χ1) is 22.8. The summed E-state index contributed by atoms with van der Waals surface area (Å²) in [6.07, 6.45) is 8.85. The molecule has 0 saturated carbocycles. The number of rotatable bonds is 5. The molecule has 216 valence electrons. The molecule has 5 heterocycles. The molecular weight excluding hydrogens is 568 g/mol. The Morgan fingerprint density at radius 1 is 0.478 bits per heavy atom. The molecule has 0 bridgehead atoms. The van der Waals surface area contributed by atoms with Gasteiger partial charge in [0.05, 0.1) is 22.7 Å². The van der Waals surface area contributed by atoms with Gasteiger partial charge < -0.3 is 8.98 Å². The SMILES string of the molecule is c1cc(-c2nc(-c3ccncc3)nc(-c3ccc(-c4ccncc4)cc3)n2)cc(-n2c3ccccc3c3c4occc4ccc32)c1. The Hall–Kier alpha value is -6.47. The van der Waals surface area contributed by atoms with E-state index in [1.165, 1.54) is 0 Å². The first-order valence-electron chi connectivity index (χ1n) is 15.0. The van der Waals surface area contributed by atoms with Crippen molar-refractivity contribution in [3.63, 3.8) is 0 Å². The largest absolute Gasteiger partial charge is 0.464 e. The van der Waals surface area contributed by atoms with Crippen LogP contribution in [0.3, 0.4) is 0 Å². The molecule has 4 aromatic carbocycles. The zero-order valence-corrected chi connectivity index (χ0v) is 24.4. The number of benzene rings is 4. The summed E-state index contributed by atoms with van der Waals surface area (Å²) in [5.41, 5.74) is 8.92. The van der Waals surface area contributed by atoms with E-state index in [0.717, 1.165) is 66.3 Å². The van der Waals surface area contributed by atoms with Crippen LogP contribution in [0.25, 0.3) is 83.8 Å². The van der Waals surface area contributed by atoms with Crippen molar-refractivity contribution >= 4 is 32.8 Å². The van der Waals surface area contributed by atoms with Crippen LogP contribution in [0.15, 0.2) is 151 Å². The van der Waals surface area contributed by atoms with Crippen LogP contribution in [0.1, 0.15) is 0 Å². The Morgan fingerprint density at radius 2 is 1.11 bits per heavy atom. The lowest BCUT2D eigenvalue weighted by atomic mass is 10.0. The molecule has 0 aliphatic rings. The number of fused-ring (bicyclic) bond motifs is 5. The van der Waals surface area contributed by atoms with E-state index in [-0.39, 0.29) is 0 Å². The standard InChI is InChI=1S/C39H24N6O/c1-2-7-33-32(6-1)35-34(13-12-27-18-23-46-36(27)35)45(33)31-5-3-4-30(24-31)39-43-37(42-38(44-39)29-16-21-41-22-17-29)28-10-8-25(9-11-28)26-14-19-40-20-15-26/h1-24H. The van der Waals surface area contributed by atoms with Crippen LogP contribution in [0, 0.1) is 0 Å². The Kier molecular flexibility index (Phi) is 5.99. The van der Waals surface area contributed by atoms with Crippen LogP contribution in [0.5, 0.6) is 0 Å². The molecule has 0 atom stereocenters. The van der Waals surface area contributed by atoms with Crippen LogP contribution in [0.4, 0.5) is 0 Å². The third-order valence-corrected chi connectivity index (χ3v) is 8.35. The highest BCUT2D eigenvalue weighted by Gasteiger charge is 2.18. The molecule has 0 fully saturated rings. The smallest absolute Gasteiger partial charge is 0.164 e. The molecule has 0 aliphatic heterocycles. The van der Waals surface area contributed by atoms with Crippen LogP contribution in [-0.2, 0) is 0 Å². The number of hydrogen-bond donors (Lipinski definition) is 0. The minimum Gasteiger partial charge on any atom is -0.464 e. The minimum absolute atomic E-state index is 0.586. The predicted molar refractivity (Wildman–Crippen MR) is 181 cm³/mol. The van der Waals surface area contributed by atoms with Crippen molar-refractivity contribution < 1.29 is 4.42 Å². The van der Waals surface area contributed by atoms with Gasteiger partial charge in [-0.25, -0.2) is 15.0 Å². The summed E-state index contributed by atoms with van der Waals surface area (Å²) < 4.78 is 8.25. The highest BCUT2D eigenvalue weighted by Crippen LogP contribution is 2.38. The van der Waals surface area contributed by atoms with Gasteiger partial charge in [0.15, 0.2) is 17.5 Å².